The van der Waals surface area contributed by atoms with Gasteiger partial charge >= 0.3 is 5.97 Å². The largest absolute Gasteiger partial charge is 0.468 e. The lowest BCUT2D eigenvalue weighted by Gasteiger charge is -2.11. The Bertz CT molecular complexity index is 168. The lowest BCUT2D eigenvalue weighted by Crippen LogP contribution is -2.43. The normalized spacial score (nSPS) is 23.4. The fourth-order valence-electron chi connectivity index (χ4n) is 0.684. The first kappa shape index (κ1) is 7.04. The van der Waals surface area contributed by atoms with E-state index >= 15 is 0 Å². The van der Waals surface area contributed by atoms with Crippen LogP contribution in [-0.2, 0) is 9.53 Å². The minimum absolute atomic E-state index is 0.343. The van der Waals surface area contributed by atoms with Crippen LogP contribution < -0.4 is 11.3 Å². The van der Waals surface area contributed by atoms with E-state index in [0.29, 0.717) is 0 Å². The summed E-state index contributed by atoms with van der Waals surface area (Å²) in [4.78, 5) is 10.7. The lowest BCUT2D eigenvalue weighted by atomic mass is 10.3. The summed E-state index contributed by atoms with van der Waals surface area (Å²) in [6.07, 6.45) is 3.17. The zero-order valence-corrected chi connectivity index (χ0v) is 5.57. The van der Waals surface area contributed by atoms with Gasteiger partial charge in [0.2, 0.25) is 0 Å². The van der Waals surface area contributed by atoms with Crippen molar-refractivity contribution < 1.29 is 9.53 Å². The number of methoxy groups -OCH3 is 1. The van der Waals surface area contributed by atoms with Gasteiger partial charge in [-0.3, -0.25) is 5.12 Å². The molecular weight excluding hydrogens is 134 g/mol. The molecule has 0 spiro atoms. The van der Waals surface area contributed by atoms with Crippen molar-refractivity contribution in [3.63, 3.8) is 0 Å². The molecule has 10 heavy (non-hydrogen) atoms. The molecule has 1 aliphatic heterocycles. The standard InChI is InChI=1S/C5H9N3O2/c1-10-5(9)4-2-3-8(6)7-4/h2-4,7H,6H2,1H3. The minimum Gasteiger partial charge on any atom is -0.468 e. The van der Waals surface area contributed by atoms with Gasteiger partial charge in [-0.15, -0.1) is 0 Å². The third-order valence-corrected chi connectivity index (χ3v) is 1.18. The molecule has 0 saturated carbocycles. The molecule has 56 valence electrons. The van der Waals surface area contributed by atoms with Gasteiger partial charge in [-0.05, 0) is 6.08 Å². The monoisotopic (exact) mass is 143 g/mol. The van der Waals surface area contributed by atoms with Crippen molar-refractivity contribution in [2.75, 3.05) is 7.11 Å². The average molecular weight is 143 g/mol. The summed E-state index contributed by atoms with van der Waals surface area (Å²) in [5.74, 6) is 4.90. The Labute approximate surface area is 58.4 Å². The number of hydrazine groups is 2. The zero-order chi connectivity index (χ0) is 7.56. The quantitative estimate of drug-likeness (QED) is 0.354. The topological polar surface area (TPSA) is 67.6 Å². The number of nitrogens with zero attached hydrogens (tertiary/aromatic N) is 1. The van der Waals surface area contributed by atoms with Crippen molar-refractivity contribution >= 4 is 5.97 Å². The lowest BCUT2D eigenvalue weighted by molar-refractivity contribution is -0.142. The number of nitrogens with one attached hydrogen (secondary N) is 1. The predicted octanol–water partition coefficient (Wildman–Crippen LogP) is -1.26. The van der Waals surface area contributed by atoms with Gasteiger partial charge in [0.15, 0.2) is 0 Å². The summed E-state index contributed by atoms with van der Waals surface area (Å²) < 4.78 is 4.45. The number of carbonyl (C=O) groups excluding carboxylic acids is 1. The van der Waals surface area contributed by atoms with Crippen molar-refractivity contribution in [1.82, 2.24) is 10.5 Å². The Morgan fingerprint density at radius 2 is 2.60 bits per heavy atom. The number of hydrogen-bond acceptors (Lipinski definition) is 5. The third kappa shape index (κ3) is 1.26. The van der Waals surface area contributed by atoms with E-state index in [4.69, 9.17) is 5.84 Å². The number of esters is 1. The van der Waals surface area contributed by atoms with Crippen LogP contribution in [0.15, 0.2) is 12.3 Å². The van der Waals surface area contributed by atoms with E-state index in [1.165, 1.54) is 12.2 Å². The van der Waals surface area contributed by atoms with E-state index < -0.39 is 6.04 Å². The summed E-state index contributed by atoms with van der Waals surface area (Å²) >= 11 is 0. The predicted molar refractivity (Wildman–Crippen MR) is 34.1 cm³/mol. The van der Waals surface area contributed by atoms with Crippen LogP contribution in [-0.4, -0.2) is 24.2 Å². The van der Waals surface area contributed by atoms with E-state index in [9.17, 15) is 4.79 Å². The van der Waals surface area contributed by atoms with Gasteiger partial charge in [0.05, 0.1) is 7.11 Å². The molecule has 0 saturated heterocycles. The Hall–Kier alpha value is -1.07. The summed E-state index contributed by atoms with van der Waals surface area (Å²) in [6, 6.07) is -0.435. The maximum absolute atomic E-state index is 10.7. The summed E-state index contributed by atoms with van der Waals surface area (Å²) in [5, 5.41) is 1.21. The first-order valence-corrected chi connectivity index (χ1v) is 2.80. The van der Waals surface area contributed by atoms with Crippen LogP contribution in [0.25, 0.3) is 0 Å². The minimum atomic E-state index is -0.435. The summed E-state index contributed by atoms with van der Waals surface area (Å²) in [5.41, 5.74) is 2.63. The van der Waals surface area contributed by atoms with Crippen molar-refractivity contribution in [2.45, 2.75) is 6.04 Å². The highest BCUT2D eigenvalue weighted by Crippen LogP contribution is 1.97. The highest BCUT2D eigenvalue weighted by atomic mass is 16.5. The molecule has 1 rings (SSSR count). The molecule has 1 unspecified atom stereocenters. The Balaban J connectivity index is 2.46. The maximum atomic E-state index is 10.7. The first-order valence-electron chi connectivity index (χ1n) is 2.80. The fraction of sp³-hybridized carbons (Fsp3) is 0.400. The molecule has 0 aromatic rings. The van der Waals surface area contributed by atoms with Crippen LogP contribution >= 0.6 is 0 Å². The van der Waals surface area contributed by atoms with Crippen LogP contribution in [0, 0.1) is 0 Å². The fourth-order valence-corrected chi connectivity index (χ4v) is 0.684. The molecule has 0 amide bonds. The highest BCUT2D eigenvalue weighted by Gasteiger charge is 2.20. The van der Waals surface area contributed by atoms with Gasteiger partial charge in [0.25, 0.3) is 0 Å². The highest BCUT2D eigenvalue weighted by molar-refractivity contribution is 5.78. The zero-order valence-electron chi connectivity index (χ0n) is 5.57. The molecule has 0 aromatic carbocycles. The SMILES string of the molecule is COC(=O)C1C=CN(N)N1. The van der Waals surface area contributed by atoms with E-state index in [0.717, 1.165) is 0 Å². The second kappa shape index (κ2) is 2.68. The molecule has 0 aliphatic carbocycles. The van der Waals surface area contributed by atoms with E-state index in [1.807, 2.05) is 0 Å². The van der Waals surface area contributed by atoms with E-state index in [-0.39, 0.29) is 5.97 Å². The van der Waals surface area contributed by atoms with E-state index in [1.54, 1.807) is 12.3 Å². The molecule has 0 radical (unpaired) electrons. The van der Waals surface area contributed by atoms with Crippen molar-refractivity contribution in [3.05, 3.63) is 12.3 Å². The van der Waals surface area contributed by atoms with E-state index in [2.05, 4.69) is 10.2 Å². The molecule has 1 heterocycles. The number of rotatable bonds is 1. The molecule has 0 aromatic heterocycles. The van der Waals surface area contributed by atoms with Crippen molar-refractivity contribution in [1.29, 1.82) is 0 Å². The molecular formula is C5H9N3O2. The molecule has 5 heteroatoms. The van der Waals surface area contributed by atoms with Crippen molar-refractivity contribution in [2.24, 2.45) is 5.84 Å². The van der Waals surface area contributed by atoms with Crippen LogP contribution in [0.5, 0.6) is 0 Å². The van der Waals surface area contributed by atoms with Crippen LogP contribution in [0.4, 0.5) is 0 Å². The smallest absolute Gasteiger partial charge is 0.328 e. The Morgan fingerprint density at radius 1 is 1.90 bits per heavy atom. The molecule has 3 N–H and O–H groups in total. The van der Waals surface area contributed by atoms with Crippen LogP contribution in [0.1, 0.15) is 0 Å². The summed E-state index contributed by atoms with van der Waals surface area (Å²) in [6.45, 7) is 0. The molecule has 0 fully saturated rings. The third-order valence-electron chi connectivity index (χ3n) is 1.18. The van der Waals surface area contributed by atoms with Gasteiger partial charge in [0, 0.05) is 6.20 Å². The Morgan fingerprint density at radius 3 is 3.00 bits per heavy atom. The van der Waals surface area contributed by atoms with Gasteiger partial charge in [-0.1, -0.05) is 0 Å². The second-order valence-electron chi connectivity index (χ2n) is 1.88. The van der Waals surface area contributed by atoms with Crippen molar-refractivity contribution in [3.8, 4) is 0 Å². The van der Waals surface area contributed by atoms with Crippen LogP contribution in [0.3, 0.4) is 0 Å². The number of hydrogen-bond donors (Lipinski definition) is 2. The molecule has 1 aliphatic rings. The van der Waals surface area contributed by atoms with Gasteiger partial charge < -0.3 is 4.74 Å². The molecule has 5 nitrogen and oxygen atoms in total. The van der Waals surface area contributed by atoms with Gasteiger partial charge in [-0.2, -0.15) is 0 Å². The number of carbonyl (C=O) groups is 1. The second-order valence-corrected chi connectivity index (χ2v) is 1.88. The van der Waals surface area contributed by atoms with Gasteiger partial charge in [0.1, 0.15) is 6.04 Å². The average Bonchev–Trinajstić information content (AvgIpc) is 2.34. The maximum Gasteiger partial charge on any atom is 0.328 e. The number of nitrogens with two attached hydrogens (primary N) is 1. The number of ether oxygens (including phenoxy) is 1. The van der Waals surface area contributed by atoms with Crippen LogP contribution in [0.2, 0.25) is 0 Å². The molecule has 1 atom stereocenters. The van der Waals surface area contributed by atoms with Gasteiger partial charge in [-0.25, -0.2) is 16.1 Å². The summed E-state index contributed by atoms with van der Waals surface area (Å²) in [7, 11) is 1.33. The first-order chi connectivity index (χ1) is 4.74. The Kier molecular flexibility index (Phi) is 1.88. The molecule has 0 bridgehead atoms.